The standard InChI is InChI=1S/C26H32N4O3/c1-18(2)32-23-12-8-20(9-13-23)15-27-26(31)22-5-4-14-30(16-22)17-24-28-25(29-33-24)21-10-6-19(3)7-11-21/h6-13,18,22H,4-5,14-17H2,1-3H3,(H,27,31). The summed E-state index contributed by atoms with van der Waals surface area (Å²) in [4.78, 5) is 19.5. The van der Waals surface area contributed by atoms with Crippen LogP contribution in [-0.4, -0.2) is 40.1 Å². The van der Waals surface area contributed by atoms with E-state index in [0.717, 1.165) is 36.3 Å². The Kier molecular flexibility index (Phi) is 7.40. The molecule has 1 saturated heterocycles. The van der Waals surface area contributed by atoms with Gasteiger partial charge in [0.05, 0.1) is 18.6 Å². The van der Waals surface area contributed by atoms with Gasteiger partial charge in [-0.1, -0.05) is 47.1 Å². The summed E-state index contributed by atoms with van der Waals surface area (Å²) in [6.07, 6.45) is 2.01. The molecule has 1 aliphatic rings. The Morgan fingerprint density at radius 3 is 2.67 bits per heavy atom. The fraction of sp³-hybridized carbons (Fsp3) is 0.423. The smallest absolute Gasteiger partial charge is 0.241 e. The molecular weight excluding hydrogens is 416 g/mol. The van der Waals surface area contributed by atoms with Crippen molar-refractivity contribution in [1.82, 2.24) is 20.4 Å². The lowest BCUT2D eigenvalue weighted by Crippen LogP contribution is -2.42. The zero-order valence-corrected chi connectivity index (χ0v) is 19.6. The molecule has 0 aliphatic carbocycles. The Balaban J connectivity index is 1.27. The number of hydrogen-bond acceptors (Lipinski definition) is 6. The Morgan fingerprint density at radius 1 is 1.18 bits per heavy atom. The van der Waals surface area contributed by atoms with Crippen molar-refractivity contribution in [3.05, 3.63) is 65.5 Å². The van der Waals surface area contributed by atoms with Crippen LogP contribution in [0.25, 0.3) is 11.4 Å². The predicted octanol–water partition coefficient (Wildman–Crippen LogP) is 4.36. The molecule has 0 radical (unpaired) electrons. The average Bonchev–Trinajstić information content (AvgIpc) is 3.27. The summed E-state index contributed by atoms with van der Waals surface area (Å²) < 4.78 is 11.1. The highest BCUT2D eigenvalue weighted by Crippen LogP contribution is 2.21. The number of nitrogens with zero attached hydrogens (tertiary/aromatic N) is 3. The first-order valence-corrected chi connectivity index (χ1v) is 11.6. The fourth-order valence-electron chi connectivity index (χ4n) is 4.03. The third-order valence-electron chi connectivity index (χ3n) is 5.77. The van der Waals surface area contributed by atoms with Crippen molar-refractivity contribution in [1.29, 1.82) is 0 Å². The van der Waals surface area contributed by atoms with Gasteiger partial charge in [0.1, 0.15) is 5.75 Å². The average molecular weight is 449 g/mol. The van der Waals surface area contributed by atoms with Crippen LogP contribution >= 0.6 is 0 Å². The number of carbonyl (C=O) groups is 1. The molecule has 3 aromatic rings. The topological polar surface area (TPSA) is 80.5 Å². The van der Waals surface area contributed by atoms with Crippen molar-refractivity contribution in [2.75, 3.05) is 13.1 Å². The molecule has 1 aliphatic heterocycles. The third-order valence-corrected chi connectivity index (χ3v) is 5.77. The van der Waals surface area contributed by atoms with Crippen LogP contribution in [0.4, 0.5) is 0 Å². The molecule has 7 heteroatoms. The van der Waals surface area contributed by atoms with Crippen LogP contribution in [0.3, 0.4) is 0 Å². The van der Waals surface area contributed by atoms with Crippen molar-refractivity contribution in [3.8, 4) is 17.1 Å². The summed E-state index contributed by atoms with van der Waals surface area (Å²) >= 11 is 0. The lowest BCUT2D eigenvalue weighted by atomic mass is 9.97. The molecule has 0 saturated carbocycles. The minimum Gasteiger partial charge on any atom is -0.491 e. The molecule has 1 atom stereocenters. The Hall–Kier alpha value is -3.19. The first-order chi connectivity index (χ1) is 16.0. The highest BCUT2D eigenvalue weighted by molar-refractivity contribution is 5.79. The van der Waals surface area contributed by atoms with Gasteiger partial charge in [0.15, 0.2) is 0 Å². The van der Waals surface area contributed by atoms with Crippen LogP contribution in [0, 0.1) is 12.8 Å². The van der Waals surface area contributed by atoms with E-state index in [-0.39, 0.29) is 17.9 Å². The molecule has 1 N–H and O–H groups in total. The van der Waals surface area contributed by atoms with Crippen LogP contribution in [0.5, 0.6) is 5.75 Å². The second kappa shape index (κ2) is 10.6. The van der Waals surface area contributed by atoms with Crippen LogP contribution in [0.2, 0.25) is 0 Å². The molecule has 2 aromatic carbocycles. The maximum atomic E-state index is 12.8. The van der Waals surface area contributed by atoms with E-state index in [1.54, 1.807) is 0 Å². The number of ether oxygens (including phenoxy) is 1. The van der Waals surface area contributed by atoms with E-state index in [1.807, 2.05) is 69.3 Å². The zero-order valence-electron chi connectivity index (χ0n) is 19.6. The molecule has 2 heterocycles. The SMILES string of the molecule is Cc1ccc(-c2noc(CN3CCCC(C(=O)NCc4ccc(OC(C)C)cc4)C3)n2)cc1. The molecule has 174 valence electrons. The van der Waals surface area contributed by atoms with Gasteiger partial charge in [0.25, 0.3) is 0 Å². The van der Waals surface area contributed by atoms with Crippen LogP contribution in [-0.2, 0) is 17.9 Å². The molecule has 0 spiro atoms. The van der Waals surface area contributed by atoms with Crippen molar-refractivity contribution in [2.45, 2.75) is 52.8 Å². The maximum Gasteiger partial charge on any atom is 0.241 e. The molecule has 0 bridgehead atoms. The second-order valence-electron chi connectivity index (χ2n) is 8.98. The highest BCUT2D eigenvalue weighted by Gasteiger charge is 2.26. The van der Waals surface area contributed by atoms with Crippen LogP contribution < -0.4 is 10.1 Å². The number of aromatic nitrogens is 2. The van der Waals surface area contributed by atoms with Gasteiger partial charge < -0.3 is 14.6 Å². The first kappa shape index (κ1) is 23.0. The maximum absolute atomic E-state index is 12.8. The highest BCUT2D eigenvalue weighted by atomic mass is 16.5. The minimum absolute atomic E-state index is 0.0400. The Morgan fingerprint density at radius 2 is 1.94 bits per heavy atom. The van der Waals surface area contributed by atoms with Crippen molar-refractivity contribution >= 4 is 5.91 Å². The van der Waals surface area contributed by atoms with E-state index in [2.05, 4.69) is 20.4 Å². The molecular formula is C26H32N4O3. The molecule has 1 unspecified atom stereocenters. The van der Waals surface area contributed by atoms with Crippen molar-refractivity contribution in [2.24, 2.45) is 5.92 Å². The third kappa shape index (κ3) is 6.42. The molecule has 4 rings (SSSR count). The van der Waals surface area contributed by atoms with Crippen molar-refractivity contribution in [3.63, 3.8) is 0 Å². The Bertz CT molecular complexity index is 1040. The van der Waals surface area contributed by atoms with E-state index in [0.29, 0.717) is 31.3 Å². The lowest BCUT2D eigenvalue weighted by molar-refractivity contribution is -0.127. The number of rotatable bonds is 8. The normalized spacial score (nSPS) is 16.7. The number of amides is 1. The van der Waals surface area contributed by atoms with Gasteiger partial charge in [-0.05, 0) is 57.9 Å². The molecule has 1 aromatic heterocycles. The minimum atomic E-state index is -0.0400. The fourth-order valence-corrected chi connectivity index (χ4v) is 4.03. The summed E-state index contributed by atoms with van der Waals surface area (Å²) in [7, 11) is 0. The lowest BCUT2D eigenvalue weighted by Gasteiger charge is -2.30. The summed E-state index contributed by atoms with van der Waals surface area (Å²) in [5.74, 6) is 2.07. The zero-order chi connectivity index (χ0) is 23.2. The number of carbonyl (C=O) groups excluding carboxylic acids is 1. The largest absolute Gasteiger partial charge is 0.491 e. The van der Waals surface area contributed by atoms with E-state index in [4.69, 9.17) is 9.26 Å². The van der Waals surface area contributed by atoms with Crippen LogP contribution in [0.1, 0.15) is 43.7 Å². The van der Waals surface area contributed by atoms with Gasteiger partial charge in [-0.25, -0.2) is 0 Å². The van der Waals surface area contributed by atoms with Gasteiger partial charge in [-0.2, -0.15) is 4.98 Å². The van der Waals surface area contributed by atoms with E-state index in [9.17, 15) is 4.79 Å². The van der Waals surface area contributed by atoms with E-state index >= 15 is 0 Å². The predicted molar refractivity (Wildman–Crippen MR) is 127 cm³/mol. The summed E-state index contributed by atoms with van der Waals surface area (Å²) in [6.45, 7) is 8.73. The number of benzene rings is 2. The van der Waals surface area contributed by atoms with Gasteiger partial charge >= 0.3 is 0 Å². The summed E-state index contributed by atoms with van der Waals surface area (Å²) in [6, 6.07) is 15.9. The van der Waals surface area contributed by atoms with Gasteiger partial charge in [0.2, 0.25) is 17.6 Å². The number of aryl methyl sites for hydroxylation is 1. The molecule has 33 heavy (non-hydrogen) atoms. The number of nitrogens with one attached hydrogen (secondary N) is 1. The van der Waals surface area contributed by atoms with E-state index in [1.165, 1.54) is 5.56 Å². The number of piperidine rings is 1. The number of likely N-dealkylation sites (tertiary alicyclic amines) is 1. The molecule has 1 amide bonds. The molecule has 1 fully saturated rings. The second-order valence-corrected chi connectivity index (χ2v) is 8.98. The van der Waals surface area contributed by atoms with Crippen LogP contribution in [0.15, 0.2) is 53.1 Å². The summed E-state index contributed by atoms with van der Waals surface area (Å²) in [5.41, 5.74) is 3.19. The van der Waals surface area contributed by atoms with Gasteiger partial charge in [-0.3, -0.25) is 9.69 Å². The molecule has 7 nitrogen and oxygen atoms in total. The van der Waals surface area contributed by atoms with E-state index < -0.39 is 0 Å². The Labute approximate surface area is 195 Å². The first-order valence-electron chi connectivity index (χ1n) is 11.6. The van der Waals surface area contributed by atoms with Gasteiger partial charge in [0, 0.05) is 18.7 Å². The number of hydrogen-bond donors (Lipinski definition) is 1. The monoisotopic (exact) mass is 448 g/mol. The quantitative estimate of drug-likeness (QED) is 0.552. The summed E-state index contributed by atoms with van der Waals surface area (Å²) in [5, 5.41) is 7.21. The van der Waals surface area contributed by atoms with Crippen molar-refractivity contribution < 1.29 is 14.1 Å². The van der Waals surface area contributed by atoms with Gasteiger partial charge in [-0.15, -0.1) is 0 Å².